The smallest absolute Gasteiger partial charge is 0.0474 e. The first-order chi connectivity index (χ1) is 4.86. The van der Waals surface area contributed by atoms with Crippen molar-refractivity contribution in [3.8, 4) is 0 Å². The van der Waals surface area contributed by atoms with Gasteiger partial charge < -0.3 is 0 Å². The molecule has 0 N–H and O–H groups in total. The van der Waals surface area contributed by atoms with Gasteiger partial charge in [0.25, 0.3) is 0 Å². The highest BCUT2D eigenvalue weighted by atomic mass is 35.5. The molecule has 0 nitrogen and oxygen atoms in total. The lowest BCUT2D eigenvalue weighted by atomic mass is 10.1. The van der Waals surface area contributed by atoms with Crippen LogP contribution in [-0.2, 0) is 12.3 Å². The van der Waals surface area contributed by atoms with Crippen LogP contribution in [0.15, 0.2) is 24.3 Å². The summed E-state index contributed by atoms with van der Waals surface area (Å²) in [6.45, 7) is 3.79. The van der Waals surface area contributed by atoms with Crippen LogP contribution in [0.1, 0.15) is 11.1 Å². The molecule has 1 heteroatoms. The van der Waals surface area contributed by atoms with Gasteiger partial charge in [-0.2, -0.15) is 0 Å². The second kappa shape index (κ2) is 3.62. The first kappa shape index (κ1) is 7.62. The van der Waals surface area contributed by atoms with Gasteiger partial charge in [0.15, 0.2) is 0 Å². The predicted octanol–water partition coefficient (Wildman–Crippen LogP) is 2.80. The fourth-order valence-electron chi connectivity index (χ4n) is 0.868. The van der Waals surface area contributed by atoms with E-state index in [1.54, 1.807) is 0 Å². The lowest BCUT2D eigenvalue weighted by Crippen LogP contribution is -1.82. The molecule has 0 amide bonds. The minimum absolute atomic E-state index is 0.591. The summed E-state index contributed by atoms with van der Waals surface area (Å²) in [5.74, 6) is 0.591. The molecule has 0 bridgehead atoms. The van der Waals surface area contributed by atoms with E-state index in [9.17, 15) is 0 Å². The zero-order chi connectivity index (χ0) is 7.40. The Bertz CT molecular complexity index is 186. The number of alkyl halides is 1. The zero-order valence-corrected chi connectivity index (χ0v) is 6.56. The molecule has 10 heavy (non-hydrogen) atoms. The number of benzene rings is 1. The first-order valence-corrected chi connectivity index (χ1v) is 3.83. The van der Waals surface area contributed by atoms with E-state index in [0.717, 1.165) is 6.42 Å². The Hall–Kier alpha value is -0.490. The molecule has 1 aromatic carbocycles. The van der Waals surface area contributed by atoms with Crippen LogP contribution in [-0.4, -0.2) is 0 Å². The number of hydrogen-bond acceptors (Lipinski definition) is 0. The monoisotopic (exact) mass is 153 g/mol. The summed E-state index contributed by atoms with van der Waals surface area (Å²) < 4.78 is 0. The van der Waals surface area contributed by atoms with Crippen LogP contribution in [0.3, 0.4) is 0 Å². The van der Waals surface area contributed by atoms with Crippen molar-refractivity contribution in [3.63, 3.8) is 0 Å². The molecule has 0 spiro atoms. The zero-order valence-electron chi connectivity index (χ0n) is 5.81. The van der Waals surface area contributed by atoms with E-state index in [1.807, 2.05) is 12.1 Å². The average molecular weight is 154 g/mol. The summed E-state index contributed by atoms with van der Waals surface area (Å²) in [7, 11) is 0. The molecular formula is C9H10Cl. The van der Waals surface area contributed by atoms with Gasteiger partial charge >= 0.3 is 0 Å². The van der Waals surface area contributed by atoms with Gasteiger partial charge in [0.05, 0.1) is 0 Å². The van der Waals surface area contributed by atoms with Gasteiger partial charge in [-0.05, 0) is 24.5 Å². The topological polar surface area (TPSA) is 0 Å². The number of rotatable bonds is 2. The van der Waals surface area contributed by atoms with Crippen LogP contribution >= 0.6 is 11.6 Å². The van der Waals surface area contributed by atoms with Crippen molar-refractivity contribution in [2.24, 2.45) is 0 Å². The molecule has 0 saturated carbocycles. The van der Waals surface area contributed by atoms with Gasteiger partial charge in [0, 0.05) is 5.88 Å². The summed E-state index contributed by atoms with van der Waals surface area (Å²) >= 11 is 5.64. The lowest BCUT2D eigenvalue weighted by Gasteiger charge is -1.97. The molecule has 1 rings (SSSR count). The Kier molecular flexibility index (Phi) is 2.76. The Labute approximate surface area is 66.8 Å². The molecule has 53 valence electrons. The molecule has 0 atom stereocenters. The molecule has 0 saturated heterocycles. The number of halogens is 1. The van der Waals surface area contributed by atoms with E-state index < -0.39 is 0 Å². The Morgan fingerprint density at radius 1 is 1.30 bits per heavy atom. The van der Waals surface area contributed by atoms with Crippen LogP contribution in [0.2, 0.25) is 0 Å². The van der Waals surface area contributed by atoms with Crippen LogP contribution in [0.4, 0.5) is 0 Å². The highest BCUT2D eigenvalue weighted by Gasteiger charge is 1.90. The average Bonchev–Trinajstić information content (AvgIpc) is 2.05. The van der Waals surface area contributed by atoms with E-state index in [0.29, 0.717) is 5.88 Å². The fraction of sp³-hybridized carbons (Fsp3) is 0.222. The third kappa shape index (κ3) is 1.74. The molecule has 0 heterocycles. The van der Waals surface area contributed by atoms with Crippen LogP contribution in [0.25, 0.3) is 0 Å². The number of hydrogen-bond donors (Lipinski definition) is 0. The molecule has 0 aliphatic rings. The molecule has 1 radical (unpaired) electrons. The van der Waals surface area contributed by atoms with Crippen LogP contribution in [0, 0.1) is 6.92 Å². The van der Waals surface area contributed by atoms with Crippen molar-refractivity contribution in [2.45, 2.75) is 12.3 Å². The Morgan fingerprint density at radius 2 is 2.00 bits per heavy atom. The Morgan fingerprint density at radius 3 is 2.60 bits per heavy atom. The highest BCUT2D eigenvalue weighted by molar-refractivity contribution is 6.17. The van der Waals surface area contributed by atoms with Crippen molar-refractivity contribution in [1.29, 1.82) is 0 Å². The van der Waals surface area contributed by atoms with E-state index >= 15 is 0 Å². The minimum Gasteiger partial charge on any atom is -0.122 e. The summed E-state index contributed by atoms with van der Waals surface area (Å²) in [6.07, 6.45) is 0.838. The first-order valence-electron chi connectivity index (χ1n) is 3.30. The van der Waals surface area contributed by atoms with Crippen molar-refractivity contribution in [3.05, 3.63) is 42.3 Å². The van der Waals surface area contributed by atoms with Gasteiger partial charge in [-0.15, -0.1) is 11.6 Å². The van der Waals surface area contributed by atoms with E-state index in [2.05, 4.69) is 19.1 Å². The Balaban J connectivity index is 2.87. The van der Waals surface area contributed by atoms with E-state index in [-0.39, 0.29) is 0 Å². The maximum Gasteiger partial charge on any atom is 0.0474 e. The maximum atomic E-state index is 5.64. The van der Waals surface area contributed by atoms with Crippen molar-refractivity contribution in [1.82, 2.24) is 0 Å². The molecule has 1 aromatic rings. The molecule has 0 unspecified atom stereocenters. The maximum absolute atomic E-state index is 5.64. The molecule has 0 aliphatic carbocycles. The van der Waals surface area contributed by atoms with Gasteiger partial charge in [0.1, 0.15) is 0 Å². The summed E-state index contributed by atoms with van der Waals surface area (Å²) in [4.78, 5) is 0. The molecular weight excluding hydrogens is 144 g/mol. The molecule has 0 aliphatic heterocycles. The van der Waals surface area contributed by atoms with Gasteiger partial charge in [-0.25, -0.2) is 0 Å². The summed E-state index contributed by atoms with van der Waals surface area (Å²) in [5, 5.41) is 0. The quantitative estimate of drug-likeness (QED) is 0.574. The second-order valence-corrected chi connectivity index (χ2v) is 2.47. The summed E-state index contributed by atoms with van der Waals surface area (Å²) in [6, 6.07) is 8.17. The van der Waals surface area contributed by atoms with Gasteiger partial charge in [-0.1, -0.05) is 24.3 Å². The highest BCUT2D eigenvalue weighted by Crippen LogP contribution is 2.07. The lowest BCUT2D eigenvalue weighted by molar-refractivity contribution is 1.24. The third-order valence-electron chi connectivity index (χ3n) is 1.43. The largest absolute Gasteiger partial charge is 0.122 e. The van der Waals surface area contributed by atoms with E-state index in [4.69, 9.17) is 11.6 Å². The fourth-order valence-corrected chi connectivity index (χ4v) is 1.03. The van der Waals surface area contributed by atoms with Crippen LogP contribution in [0.5, 0.6) is 0 Å². The van der Waals surface area contributed by atoms with E-state index in [1.165, 1.54) is 11.1 Å². The van der Waals surface area contributed by atoms with Crippen molar-refractivity contribution >= 4 is 11.6 Å². The van der Waals surface area contributed by atoms with Gasteiger partial charge in [0.2, 0.25) is 0 Å². The standard InChI is InChI=1S/C9H10Cl/c1-2-8-4-3-5-9(6-8)7-10/h3-6H,1-2,7H2. The van der Waals surface area contributed by atoms with Crippen molar-refractivity contribution < 1.29 is 0 Å². The molecule has 0 aromatic heterocycles. The van der Waals surface area contributed by atoms with Crippen molar-refractivity contribution in [2.75, 3.05) is 0 Å². The third-order valence-corrected chi connectivity index (χ3v) is 1.74. The SMILES string of the molecule is [CH2]Cc1cccc(CCl)c1. The van der Waals surface area contributed by atoms with Gasteiger partial charge in [-0.3, -0.25) is 0 Å². The normalized spacial score (nSPS) is 9.80. The molecule has 0 fully saturated rings. The second-order valence-electron chi connectivity index (χ2n) is 2.20. The predicted molar refractivity (Wildman–Crippen MR) is 45.1 cm³/mol. The summed E-state index contributed by atoms with van der Waals surface area (Å²) in [5.41, 5.74) is 2.42. The van der Waals surface area contributed by atoms with Crippen LogP contribution < -0.4 is 0 Å². The minimum atomic E-state index is 0.591.